The van der Waals surface area contributed by atoms with Crippen LogP contribution in [0, 0.1) is 0 Å². The van der Waals surface area contributed by atoms with E-state index in [2.05, 4.69) is 13.0 Å². The zero-order chi connectivity index (χ0) is 12.8. The van der Waals surface area contributed by atoms with Crippen molar-refractivity contribution < 1.29 is 4.80 Å². The molecule has 0 aliphatic heterocycles. The summed E-state index contributed by atoms with van der Waals surface area (Å²) in [5.41, 5.74) is 2.01. The van der Waals surface area contributed by atoms with Gasteiger partial charge >= 0.3 is 0 Å². The van der Waals surface area contributed by atoms with Crippen molar-refractivity contribution in [1.29, 1.82) is 0 Å². The van der Waals surface area contributed by atoms with Gasteiger partial charge in [-0.1, -0.05) is 79.4 Å². The van der Waals surface area contributed by atoms with Gasteiger partial charge in [0.2, 0.25) is 0 Å². The minimum atomic E-state index is -2.70. The maximum absolute atomic E-state index is 11.1. The van der Waals surface area contributed by atoms with E-state index in [-0.39, 0.29) is 0 Å². The standard InChI is InChI=1S/C16H18OSi/c1-2-3-14-18(17,15-10-6-4-7-11-15)16-12-8-5-9-13-16/h3-14,17H,2H2,1H3/b14-3-. The number of rotatable bonds is 4. The molecular formula is C16H18OSi. The summed E-state index contributed by atoms with van der Waals surface area (Å²) in [6, 6.07) is 19.9. The third kappa shape index (κ3) is 2.60. The molecule has 0 saturated carbocycles. The van der Waals surface area contributed by atoms with Crippen LogP contribution in [0.3, 0.4) is 0 Å². The van der Waals surface area contributed by atoms with Crippen molar-refractivity contribution in [3.8, 4) is 0 Å². The third-order valence-corrected chi connectivity index (χ3v) is 6.17. The molecule has 0 saturated heterocycles. The lowest BCUT2D eigenvalue weighted by molar-refractivity contribution is 0.581. The van der Waals surface area contributed by atoms with E-state index in [9.17, 15) is 4.80 Å². The Hall–Kier alpha value is -1.64. The monoisotopic (exact) mass is 254 g/mol. The fraction of sp³-hybridized carbons (Fsp3) is 0.125. The second-order valence-electron chi connectivity index (χ2n) is 4.31. The molecule has 2 rings (SSSR count). The summed E-state index contributed by atoms with van der Waals surface area (Å²) in [6.07, 6.45) is 3.00. The molecule has 0 spiro atoms. The predicted octanol–water partition coefficient (Wildman–Crippen LogP) is 2.24. The second-order valence-corrected chi connectivity index (χ2v) is 7.33. The van der Waals surface area contributed by atoms with Crippen LogP contribution < -0.4 is 10.4 Å². The van der Waals surface area contributed by atoms with Crippen LogP contribution in [0.1, 0.15) is 13.3 Å². The fourth-order valence-corrected chi connectivity index (χ4v) is 4.73. The Morgan fingerprint density at radius 1 is 0.889 bits per heavy atom. The Kier molecular flexibility index (Phi) is 4.13. The molecule has 0 radical (unpaired) electrons. The highest BCUT2D eigenvalue weighted by Gasteiger charge is 2.32. The summed E-state index contributed by atoms with van der Waals surface area (Å²) in [5, 5.41) is 2.06. The molecule has 0 amide bonds. The van der Waals surface area contributed by atoms with Gasteiger partial charge in [0.1, 0.15) is 0 Å². The fourth-order valence-electron chi connectivity index (χ4n) is 2.03. The van der Waals surface area contributed by atoms with Gasteiger partial charge in [-0.2, -0.15) is 0 Å². The van der Waals surface area contributed by atoms with Crippen LogP contribution in [0.5, 0.6) is 0 Å². The number of hydrogen-bond acceptors (Lipinski definition) is 1. The van der Waals surface area contributed by atoms with Crippen LogP contribution in [-0.4, -0.2) is 13.1 Å². The van der Waals surface area contributed by atoms with Crippen LogP contribution in [0.2, 0.25) is 0 Å². The maximum Gasteiger partial charge on any atom is 0.277 e. The van der Waals surface area contributed by atoms with Crippen LogP contribution in [0.4, 0.5) is 0 Å². The van der Waals surface area contributed by atoms with E-state index in [0.29, 0.717) is 0 Å². The first-order valence-electron chi connectivity index (χ1n) is 6.28. The second kappa shape index (κ2) is 5.80. The lowest BCUT2D eigenvalue weighted by atomic mass is 10.4. The molecule has 0 unspecified atom stereocenters. The highest BCUT2D eigenvalue weighted by Crippen LogP contribution is 2.04. The molecule has 0 bridgehead atoms. The Balaban J connectivity index is 2.51. The first kappa shape index (κ1) is 12.8. The molecule has 1 N–H and O–H groups in total. The Labute approximate surface area is 110 Å². The first-order valence-corrected chi connectivity index (χ1v) is 8.31. The SMILES string of the molecule is CC/C=C\[Si](O)(c1ccccc1)c1ccccc1. The molecular weight excluding hydrogens is 236 g/mol. The van der Waals surface area contributed by atoms with Crippen molar-refractivity contribution in [2.45, 2.75) is 13.3 Å². The molecule has 0 heterocycles. The lowest BCUT2D eigenvalue weighted by Gasteiger charge is -2.22. The van der Waals surface area contributed by atoms with Gasteiger partial charge in [0.15, 0.2) is 0 Å². The number of hydrogen-bond donors (Lipinski definition) is 1. The molecule has 0 aliphatic carbocycles. The van der Waals surface area contributed by atoms with E-state index in [4.69, 9.17) is 0 Å². The molecule has 0 atom stereocenters. The largest absolute Gasteiger partial charge is 0.421 e. The van der Waals surface area contributed by atoms with E-state index in [1.54, 1.807) is 0 Å². The lowest BCUT2D eigenvalue weighted by Crippen LogP contribution is -2.57. The quantitative estimate of drug-likeness (QED) is 0.830. The summed E-state index contributed by atoms with van der Waals surface area (Å²) >= 11 is 0. The van der Waals surface area contributed by atoms with E-state index < -0.39 is 8.32 Å². The third-order valence-electron chi connectivity index (χ3n) is 3.02. The summed E-state index contributed by atoms with van der Waals surface area (Å²) in [5.74, 6) is 0. The zero-order valence-electron chi connectivity index (χ0n) is 10.6. The molecule has 18 heavy (non-hydrogen) atoms. The summed E-state index contributed by atoms with van der Waals surface area (Å²) in [4.78, 5) is 11.1. The summed E-state index contributed by atoms with van der Waals surface area (Å²) in [7, 11) is -2.70. The van der Waals surface area contributed by atoms with Crippen LogP contribution in [0.25, 0.3) is 0 Å². The van der Waals surface area contributed by atoms with E-state index in [1.165, 1.54) is 0 Å². The van der Waals surface area contributed by atoms with E-state index >= 15 is 0 Å². The van der Waals surface area contributed by atoms with Crippen molar-refractivity contribution >= 4 is 18.7 Å². The molecule has 2 heteroatoms. The van der Waals surface area contributed by atoms with Gasteiger partial charge in [0.25, 0.3) is 8.32 Å². The van der Waals surface area contributed by atoms with E-state index in [1.807, 2.05) is 66.4 Å². The highest BCUT2D eigenvalue weighted by atomic mass is 28.4. The molecule has 92 valence electrons. The van der Waals surface area contributed by atoms with Gasteiger partial charge in [-0.3, -0.25) is 0 Å². The molecule has 0 aliphatic rings. The van der Waals surface area contributed by atoms with Crippen molar-refractivity contribution in [1.82, 2.24) is 0 Å². The minimum Gasteiger partial charge on any atom is -0.421 e. The van der Waals surface area contributed by atoms with Gasteiger partial charge in [-0.25, -0.2) is 0 Å². The van der Waals surface area contributed by atoms with Gasteiger partial charge in [0, 0.05) is 0 Å². The Bertz CT molecular complexity index is 466. The van der Waals surface area contributed by atoms with Crippen molar-refractivity contribution in [2.75, 3.05) is 0 Å². The van der Waals surface area contributed by atoms with Gasteiger partial charge < -0.3 is 4.80 Å². The smallest absolute Gasteiger partial charge is 0.277 e. The number of allylic oxidation sites excluding steroid dienone is 1. The van der Waals surface area contributed by atoms with Crippen molar-refractivity contribution in [3.63, 3.8) is 0 Å². The van der Waals surface area contributed by atoms with Gasteiger partial charge in [0.05, 0.1) is 0 Å². The summed E-state index contributed by atoms with van der Waals surface area (Å²) < 4.78 is 0. The molecule has 2 aromatic carbocycles. The summed E-state index contributed by atoms with van der Waals surface area (Å²) in [6.45, 7) is 2.08. The molecule has 1 nitrogen and oxygen atoms in total. The minimum absolute atomic E-state index is 0.939. The maximum atomic E-state index is 11.1. The number of benzene rings is 2. The first-order chi connectivity index (χ1) is 8.77. The molecule has 0 aromatic heterocycles. The topological polar surface area (TPSA) is 20.2 Å². The predicted molar refractivity (Wildman–Crippen MR) is 79.6 cm³/mol. The Morgan fingerprint density at radius 3 is 1.72 bits per heavy atom. The average Bonchev–Trinajstić information content (AvgIpc) is 2.46. The average molecular weight is 254 g/mol. The van der Waals surface area contributed by atoms with Crippen molar-refractivity contribution in [3.05, 3.63) is 72.4 Å². The Morgan fingerprint density at radius 2 is 1.33 bits per heavy atom. The molecule has 2 aromatic rings. The normalized spacial score (nSPS) is 11.9. The zero-order valence-corrected chi connectivity index (χ0v) is 11.6. The van der Waals surface area contributed by atoms with Crippen molar-refractivity contribution in [2.24, 2.45) is 0 Å². The van der Waals surface area contributed by atoms with Gasteiger partial charge in [-0.05, 0) is 16.8 Å². The highest BCUT2D eigenvalue weighted by molar-refractivity contribution is 7.00. The molecule has 0 fully saturated rings. The van der Waals surface area contributed by atoms with Crippen LogP contribution in [-0.2, 0) is 0 Å². The van der Waals surface area contributed by atoms with Crippen LogP contribution >= 0.6 is 0 Å². The van der Waals surface area contributed by atoms with Crippen LogP contribution in [0.15, 0.2) is 72.4 Å². The van der Waals surface area contributed by atoms with Gasteiger partial charge in [-0.15, -0.1) is 0 Å². The van der Waals surface area contributed by atoms with E-state index in [0.717, 1.165) is 16.8 Å².